The monoisotopic (exact) mass is 598 g/mol. The van der Waals surface area contributed by atoms with Crippen molar-refractivity contribution in [1.29, 1.82) is 0 Å². The van der Waals surface area contributed by atoms with Crippen molar-refractivity contribution < 1.29 is 28.5 Å². The molecule has 1 N–H and O–H groups in total. The summed E-state index contributed by atoms with van der Waals surface area (Å²) in [6.07, 6.45) is 24.9. The number of carbonyl (C=O) groups is 1. The van der Waals surface area contributed by atoms with Crippen LogP contribution in [0.25, 0.3) is 0 Å². The van der Waals surface area contributed by atoms with Crippen molar-refractivity contribution in [2.24, 2.45) is 17.8 Å². The van der Waals surface area contributed by atoms with Crippen LogP contribution in [-0.4, -0.2) is 30.9 Å². The topological polar surface area (TPSA) is 65.0 Å². The summed E-state index contributed by atoms with van der Waals surface area (Å²) in [6.45, 7) is 3.85. The Hall–Kier alpha value is -2.02. The molecule has 0 bridgehead atoms. The maximum absolute atomic E-state index is 16.0. The summed E-state index contributed by atoms with van der Waals surface area (Å²) >= 11 is 0. The van der Waals surface area contributed by atoms with Crippen molar-refractivity contribution in [3.05, 3.63) is 59.4 Å². The molecule has 1 saturated heterocycles. The van der Waals surface area contributed by atoms with Gasteiger partial charge in [-0.2, -0.15) is 0 Å². The van der Waals surface area contributed by atoms with Crippen LogP contribution in [-0.2, 0) is 24.6 Å². The highest BCUT2D eigenvalue weighted by Crippen LogP contribution is 2.44. The third kappa shape index (κ3) is 9.99. The number of carboxylic acids is 1. The molecule has 240 valence electrons. The van der Waals surface area contributed by atoms with Crippen molar-refractivity contribution in [2.75, 3.05) is 19.8 Å². The Kier molecular flexibility index (Phi) is 14.2. The Morgan fingerprint density at radius 1 is 0.907 bits per heavy atom. The van der Waals surface area contributed by atoms with Gasteiger partial charge in [-0.1, -0.05) is 134 Å². The van der Waals surface area contributed by atoms with Crippen molar-refractivity contribution >= 4 is 5.97 Å². The third-order valence-electron chi connectivity index (χ3n) is 9.61. The minimum absolute atomic E-state index is 0.362. The summed E-state index contributed by atoms with van der Waals surface area (Å²) in [4.78, 5) is 11.7. The van der Waals surface area contributed by atoms with Gasteiger partial charge < -0.3 is 19.3 Å². The van der Waals surface area contributed by atoms with E-state index in [0.717, 1.165) is 37.2 Å². The fourth-order valence-corrected chi connectivity index (χ4v) is 6.96. The minimum Gasteiger partial charge on any atom is -0.481 e. The fourth-order valence-electron chi connectivity index (χ4n) is 6.96. The fraction of sp³-hybridized carbons (Fsp3) is 0.703. The van der Waals surface area contributed by atoms with E-state index < -0.39 is 29.6 Å². The number of rotatable bonds is 19. The predicted molar refractivity (Wildman–Crippen MR) is 169 cm³/mol. The molecule has 4 rings (SSSR count). The second-order valence-electron chi connectivity index (χ2n) is 13.0. The second-order valence-corrected chi connectivity index (χ2v) is 13.0. The van der Waals surface area contributed by atoms with Crippen LogP contribution in [0.3, 0.4) is 0 Å². The van der Waals surface area contributed by atoms with E-state index in [-0.39, 0.29) is 0 Å². The number of ether oxygens (including phenoxy) is 3. The highest BCUT2D eigenvalue weighted by atomic mass is 19.1. The molecule has 43 heavy (non-hydrogen) atoms. The van der Waals surface area contributed by atoms with Gasteiger partial charge in [0.15, 0.2) is 11.9 Å². The first kappa shape index (κ1) is 33.9. The lowest BCUT2D eigenvalue weighted by molar-refractivity contribution is -0.207. The quantitative estimate of drug-likeness (QED) is 0.127. The van der Waals surface area contributed by atoms with Gasteiger partial charge in [0, 0.05) is 23.7 Å². The lowest BCUT2D eigenvalue weighted by atomic mass is 9.82. The Labute approximate surface area is 259 Å². The van der Waals surface area contributed by atoms with Crippen LogP contribution >= 0.6 is 0 Å². The summed E-state index contributed by atoms with van der Waals surface area (Å²) < 4.78 is 34.9. The Morgan fingerprint density at radius 2 is 1.53 bits per heavy atom. The average Bonchev–Trinajstić information content (AvgIpc) is 3.55. The van der Waals surface area contributed by atoms with Crippen LogP contribution in [0, 0.1) is 17.8 Å². The van der Waals surface area contributed by atoms with Crippen LogP contribution in [0.5, 0.6) is 0 Å². The number of hydrogen-bond donors (Lipinski definition) is 1. The highest BCUT2D eigenvalue weighted by molar-refractivity contribution is 5.75. The van der Waals surface area contributed by atoms with Crippen molar-refractivity contribution in [2.45, 2.75) is 128 Å². The molecule has 2 aliphatic carbocycles. The molecular weight excluding hydrogens is 543 g/mol. The molecule has 0 aromatic heterocycles. The summed E-state index contributed by atoms with van der Waals surface area (Å²) in [6, 6.07) is 7.54. The molecule has 6 heteroatoms. The van der Waals surface area contributed by atoms with Gasteiger partial charge in [-0.25, -0.2) is 4.39 Å². The lowest BCUT2D eigenvalue weighted by Gasteiger charge is -2.37. The van der Waals surface area contributed by atoms with Crippen molar-refractivity contribution in [3.8, 4) is 0 Å². The number of hydrogen-bond acceptors (Lipinski definition) is 4. The van der Waals surface area contributed by atoms with Crippen LogP contribution in [0.15, 0.2) is 48.3 Å². The molecule has 3 aliphatic rings. The molecule has 1 aromatic rings. The van der Waals surface area contributed by atoms with Crippen LogP contribution < -0.4 is 0 Å². The van der Waals surface area contributed by atoms with Gasteiger partial charge in [0.05, 0.1) is 19.1 Å². The number of aliphatic carboxylic acids is 1. The predicted octanol–water partition coefficient (Wildman–Crippen LogP) is 9.97. The van der Waals surface area contributed by atoms with Gasteiger partial charge in [-0.05, 0) is 30.9 Å². The van der Waals surface area contributed by atoms with Crippen LogP contribution in [0.4, 0.5) is 4.39 Å². The van der Waals surface area contributed by atoms with E-state index in [2.05, 4.69) is 6.92 Å². The molecule has 1 aliphatic heterocycles. The zero-order valence-corrected chi connectivity index (χ0v) is 26.5. The number of halogens is 1. The number of carboxylic acid groups (broad SMARTS) is 1. The highest BCUT2D eigenvalue weighted by Gasteiger charge is 2.42. The summed E-state index contributed by atoms with van der Waals surface area (Å²) in [5.41, 5.74) is -0.149. The van der Waals surface area contributed by atoms with Gasteiger partial charge in [0.1, 0.15) is 5.83 Å². The van der Waals surface area contributed by atoms with Gasteiger partial charge in [0.2, 0.25) is 0 Å². The van der Waals surface area contributed by atoms with Crippen molar-refractivity contribution in [3.63, 3.8) is 0 Å². The molecule has 2 fully saturated rings. The van der Waals surface area contributed by atoms with Gasteiger partial charge in [-0.15, -0.1) is 0 Å². The number of benzene rings is 1. The number of unbranched alkanes of at least 4 members (excludes halogenated alkanes) is 9. The Bertz CT molecular complexity index is 1020. The maximum Gasteiger partial charge on any atom is 0.314 e. The molecule has 1 saturated carbocycles. The van der Waals surface area contributed by atoms with Gasteiger partial charge in [0.25, 0.3) is 0 Å². The molecular formula is C37H55FO5. The summed E-state index contributed by atoms with van der Waals surface area (Å²) in [7, 11) is 0. The van der Waals surface area contributed by atoms with Gasteiger partial charge >= 0.3 is 5.97 Å². The molecule has 2 atom stereocenters. The molecule has 2 unspecified atom stereocenters. The summed E-state index contributed by atoms with van der Waals surface area (Å²) in [5.74, 6) is -1.43. The van der Waals surface area contributed by atoms with E-state index in [1.165, 1.54) is 95.6 Å². The summed E-state index contributed by atoms with van der Waals surface area (Å²) in [5, 5.41) is 9.54. The molecule has 5 nitrogen and oxygen atoms in total. The second kappa shape index (κ2) is 18.1. The Morgan fingerprint density at radius 3 is 2.21 bits per heavy atom. The first-order valence-electron chi connectivity index (χ1n) is 17.3. The molecule has 0 spiro atoms. The van der Waals surface area contributed by atoms with E-state index in [9.17, 15) is 9.90 Å². The van der Waals surface area contributed by atoms with Gasteiger partial charge in [-0.3, -0.25) is 4.79 Å². The zero-order chi connectivity index (χ0) is 30.3. The van der Waals surface area contributed by atoms with E-state index in [0.29, 0.717) is 31.3 Å². The van der Waals surface area contributed by atoms with Crippen LogP contribution in [0.1, 0.15) is 133 Å². The van der Waals surface area contributed by atoms with E-state index in [1.54, 1.807) is 6.08 Å². The normalized spacial score (nSPS) is 26.1. The van der Waals surface area contributed by atoms with E-state index >= 15 is 4.39 Å². The molecule has 1 aromatic carbocycles. The van der Waals surface area contributed by atoms with Crippen molar-refractivity contribution in [1.82, 2.24) is 0 Å². The average molecular weight is 599 g/mol. The molecule has 0 radical (unpaired) electrons. The zero-order valence-electron chi connectivity index (χ0n) is 26.5. The maximum atomic E-state index is 16.0. The first-order chi connectivity index (χ1) is 21.0. The molecule has 1 heterocycles. The van der Waals surface area contributed by atoms with E-state index in [4.69, 9.17) is 14.2 Å². The standard InChI is InChI=1S/C37H55FO5/c1-2-3-4-5-6-7-11-20-30-27-41-36(42-28-30)32-21-14-15-22-33(32)37(24-23-31(35(39)40)26-34(37)38)43-25-16-9-8-10-17-29-18-12-13-19-29/h14-15,21-24,26,29-31,36H,2-13,16-20,25,27-28H2,1H3,(H,39,40). The first-order valence-corrected chi connectivity index (χ1v) is 17.3. The Balaban J connectivity index is 1.35. The minimum atomic E-state index is -1.49. The largest absolute Gasteiger partial charge is 0.481 e. The smallest absolute Gasteiger partial charge is 0.314 e. The third-order valence-corrected chi connectivity index (χ3v) is 9.61. The molecule has 0 amide bonds. The van der Waals surface area contributed by atoms with E-state index in [1.807, 2.05) is 24.3 Å². The SMILES string of the molecule is CCCCCCCCCC1COC(c2ccccc2C2(OCCCCCCC3CCCC3)C=CC(C(=O)O)C=C2F)OC1. The van der Waals surface area contributed by atoms with Crippen LogP contribution in [0.2, 0.25) is 0 Å². The lowest BCUT2D eigenvalue weighted by Crippen LogP contribution is -2.35.